The van der Waals surface area contributed by atoms with Crippen molar-refractivity contribution in [3.63, 3.8) is 0 Å². The molecule has 2 N–H and O–H groups in total. The van der Waals surface area contributed by atoms with Gasteiger partial charge in [-0.05, 0) is 24.3 Å². The topological polar surface area (TPSA) is 89.6 Å². The number of amides is 2. The van der Waals surface area contributed by atoms with Gasteiger partial charge in [0.25, 0.3) is 5.91 Å². The monoisotopic (exact) mass is 387 g/mol. The lowest BCUT2D eigenvalue weighted by Crippen LogP contribution is -2.32. The molecule has 0 saturated heterocycles. The van der Waals surface area contributed by atoms with Crippen LogP contribution in [0, 0.1) is 5.82 Å². The molecule has 1 aliphatic rings. The molecule has 0 unspecified atom stereocenters. The molecule has 138 valence electrons. The van der Waals surface area contributed by atoms with Gasteiger partial charge in [-0.2, -0.15) is 0 Å². The lowest BCUT2D eigenvalue weighted by Gasteiger charge is -2.17. The SMILES string of the molecule is O=C(CNC(=O)c1ccc(F)cc1)Nc1nc2cc3c(cc2s1)OCCO3. The first-order valence-corrected chi connectivity index (χ1v) is 8.94. The summed E-state index contributed by atoms with van der Waals surface area (Å²) in [6.07, 6.45) is 0. The van der Waals surface area contributed by atoms with E-state index in [0.29, 0.717) is 35.4 Å². The van der Waals surface area contributed by atoms with Crippen molar-refractivity contribution in [2.24, 2.45) is 0 Å². The predicted octanol–water partition coefficient (Wildman–Crippen LogP) is 2.58. The normalized spacial score (nSPS) is 12.6. The van der Waals surface area contributed by atoms with Crippen molar-refractivity contribution in [1.29, 1.82) is 0 Å². The first-order chi connectivity index (χ1) is 13.1. The van der Waals surface area contributed by atoms with Gasteiger partial charge in [-0.15, -0.1) is 0 Å². The minimum atomic E-state index is -0.462. The number of rotatable bonds is 4. The number of ether oxygens (including phenoxy) is 2. The van der Waals surface area contributed by atoms with E-state index in [1.165, 1.54) is 35.6 Å². The molecule has 2 amide bonds. The zero-order valence-electron chi connectivity index (χ0n) is 14.0. The molecule has 1 aromatic heterocycles. The average molecular weight is 387 g/mol. The van der Waals surface area contributed by atoms with Crippen LogP contribution in [0.2, 0.25) is 0 Å². The fourth-order valence-corrected chi connectivity index (χ4v) is 3.44. The maximum absolute atomic E-state index is 12.9. The van der Waals surface area contributed by atoms with Crippen LogP contribution < -0.4 is 20.1 Å². The molecule has 9 heteroatoms. The maximum atomic E-state index is 12.9. The molecule has 27 heavy (non-hydrogen) atoms. The van der Waals surface area contributed by atoms with Crippen molar-refractivity contribution < 1.29 is 23.5 Å². The Morgan fingerprint density at radius 3 is 2.56 bits per heavy atom. The summed E-state index contributed by atoms with van der Waals surface area (Å²) in [7, 11) is 0. The summed E-state index contributed by atoms with van der Waals surface area (Å²) in [5.74, 6) is -0.0267. The van der Waals surface area contributed by atoms with Crippen LogP contribution in [0.15, 0.2) is 36.4 Å². The summed E-state index contributed by atoms with van der Waals surface area (Å²) in [4.78, 5) is 28.4. The van der Waals surface area contributed by atoms with Crippen LogP contribution in [0.1, 0.15) is 10.4 Å². The van der Waals surface area contributed by atoms with Gasteiger partial charge < -0.3 is 20.1 Å². The highest BCUT2D eigenvalue weighted by Gasteiger charge is 2.16. The van der Waals surface area contributed by atoms with Gasteiger partial charge in [-0.25, -0.2) is 9.37 Å². The Balaban J connectivity index is 1.39. The molecule has 0 bridgehead atoms. The van der Waals surface area contributed by atoms with Gasteiger partial charge in [0.05, 0.1) is 16.8 Å². The van der Waals surface area contributed by atoms with E-state index in [9.17, 15) is 14.0 Å². The molecule has 0 spiro atoms. The van der Waals surface area contributed by atoms with Crippen LogP contribution in [0.4, 0.5) is 9.52 Å². The smallest absolute Gasteiger partial charge is 0.251 e. The standard InChI is InChI=1S/C18H14FN3O4S/c19-11-3-1-10(2-4-11)17(24)20-9-16(23)22-18-21-12-7-13-14(8-15(12)27-18)26-6-5-25-13/h1-4,7-8H,5-6,9H2,(H,20,24)(H,21,22,23). The molecule has 4 rings (SSSR count). The molecule has 2 aromatic carbocycles. The number of hydrogen-bond donors (Lipinski definition) is 2. The molecule has 3 aromatic rings. The highest BCUT2D eigenvalue weighted by atomic mass is 32.1. The van der Waals surface area contributed by atoms with Crippen LogP contribution in [-0.4, -0.2) is 36.6 Å². The molecule has 0 atom stereocenters. The van der Waals surface area contributed by atoms with E-state index in [2.05, 4.69) is 15.6 Å². The minimum absolute atomic E-state index is 0.227. The maximum Gasteiger partial charge on any atom is 0.251 e. The Morgan fingerprint density at radius 1 is 1.11 bits per heavy atom. The van der Waals surface area contributed by atoms with Crippen molar-refractivity contribution in [3.8, 4) is 11.5 Å². The summed E-state index contributed by atoms with van der Waals surface area (Å²) < 4.78 is 24.8. The summed E-state index contributed by atoms with van der Waals surface area (Å²) in [6, 6.07) is 8.66. The Bertz CT molecular complexity index is 976. The first-order valence-electron chi connectivity index (χ1n) is 8.12. The molecule has 0 fully saturated rings. The number of thiazole rings is 1. The summed E-state index contributed by atoms with van der Waals surface area (Å²) in [5, 5.41) is 5.54. The second kappa shape index (κ2) is 7.20. The molecular weight excluding hydrogens is 373 g/mol. The summed E-state index contributed by atoms with van der Waals surface area (Å²) in [5.41, 5.74) is 0.963. The lowest BCUT2D eigenvalue weighted by atomic mass is 10.2. The minimum Gasteiger partial charge on any atom is -0.486 e. The second-order valence-corrected chi connectivity index (χ2v) is 6.75. The summed E-state index contributed by atoms with van der Waals surface area (Å²) in [6.45, 7) is 0.753. The first kappa shape index (κ1) is 17.2. The second-order valence-electron chi connectivity index (χ2n) is 5.72. The van der Waals surface area contributed by atoms with Crippen molar-refractivity contribution in [2.45, 2.75) is 0 Å². The summed E-state index contributed by atoms with van der Waals surface area (Å²) >= 11 is 1.30. The Hall–Kier alpha value is -3.20. The predicted molar refractivity (Wildman–Crippen MR) is 98.0 cm³/mol. The van der Waals surface area contributed by atoms with Gasteiger partial charge in [0, 0.05) is 17.7 Å². The highest BCUT2D eigenvalue weighted by Crippen LogP contribution is 2.37. The van der Waals surface area contributed by atoms with Gasteiger partial charge in [0.1, 0.15) is 19.0 Å². The number of anilines is 1. The van der Waals surface area contributed by atoms with Crippen molar-refractivity contribution in [2.75, 3.05) is 25.1 Å². The Kier molecular flexibility index (Phi) is 4.59. The Labute approximate surface area is 157 Å². The van der Waals surface area contributed by atoms with E-state index in [1.54, 1.807) is 6.07 Å². The third-order valence-corrected chi connectivity index (χ3v) is 4.75. The average Bonchev–Trinajstić information content (AvgIpc) is 3.05. The largest absolute Gasteiger partial charge is 0.486 e. The number of benzene rings is 2. The van der Waals surface area contributed by atoms with Crippen LogP contribution in [0.25, 0.3) is 10.2 Å². The third kappa shape index (κ3) is 3.82. The highest BCUT2D eigenvalue weighted by molar-refractivity contribution is 7.22. The number of hydrogen-bond acceptors (Lipinski definition) is 6. The molecular formula is C18H14FN3O4S. The molecule has 1 aliphatic heterocycles. The molecule has 0 radical (unpaired) electrons. The van der Waals surface area contributed by atoms with Crippen LogP contribution >= 0.6 is 11.3 Å². The quantitative estimate of drug-likeness (QED) is 0.718. The number of nitrogens with one attached hydrogen (secondary N) is 2. The number of carbonyl (C=O) groups excluding carboxylic acids is 2. The van der Waals surface area contributed by atoms with E-state index in [-0.39, 0.29) is 12.1 Å². The van der Waals surface area contributed by atoms with Crippen LogP contribution in [0.5, 0.6) is 11.5 Å². The van der Waals surface area contributed by atoms with Gasteiger partial charge in [-0.3, -0.25) is 9.59 Å². The van der Waals surface area contributed by atoms with Gasteiger partial charge >= 0.3 is 0 Å². The van der Waals surface area contributed by atoms with E-state index in [1.807, 2.05) is 6.07 Å². The number of aromatic nitrogens is 1. The van der Waals surface area contributed by atoms with Gasteiger partial charge in [-0.1, -0.05) is 11.3 Å². The Morgan fingerprint density at radius 2 is 1.81 bits per heavy atom. The van der Waals surface area contributed by atoms with E-state index in [4.69, 9.17) is 9.47 Å². The molecule has 7 nitrogen and oxygen atoms in total. The van der Waals surface area contributed by atoms with Gasteiger partial charge in [0.15, 0.2) is 16.6 Å². The number of halogens is 1. The van der Waals surface area contributed by atoms with E-state index < -0.39 is 17.6 Å². The zero-order chi connectivity index (χ0) is 18.8. The number of carbonyl (C=O) groups is 2. The lowest BCUT2D eigenvalue weighted by molar-refractivity contribution is -0.115. The van der Waals surface area contributed by atoms with Crippen molar-refractivity contribution in [3.05, 3.63) is 47.8 Å². The molecule has 0 saturated carbocycles. The fourth-order valence-electron chi connectivity index (χ4n) is 2.55. The van der Waals surface area contributed by atoms with E-state index >= 15 is 0 Å². The van der Waals surface area contributed by atoms with Crippen LogP contribution in [0.3, 0.4) is 0 Å². The van der Waals surface area contributed by atoms with Crippen LogP contribution in [-0.2, 0) is 4.79 Å². The molecule has 2 heterocycles. The third-order valence-electron chi connectivity index (χ3n) is 3.81. The van der Waals surface area contributed by atoms with Crippen molar-refractivity contribution in [1.82, 2.24) is 10.3 Å². The van der Waals surface area contributed by atoms with Gasteiger partial charge in [0.2, 0.25) is 5.91 Å². The van der Waals surface area contributed by atoms with Crippen molar-refractivity contribution >= 4 is 38.5 Å². The zero-order valence-corrected chi connectivity index (χ0v) is 14.8. The van der Waals surface area contributed by atoms with E-state index in [0.717, 1.165) is 4.70 Å². The number of fused-ring (bicyclic) bond motifs is 2. The molecule has 0 aliphatic carbocycles. The fraction of sp³-hybridized carbons (Fsp3) is 0.167. The number of nitrogens with zero attached hydrogens (tertiary/aromatic N) is 1.